The van der Waals surface area contributed by atoms with Crippen molar-refractivity contribution in [2.45, 2.75) is 78.2 Å². The van der Waals surface area contributed by atoms with Crippen LogP contribution in [0.4, 0.5) is 0 Å². The zero-order chi connectivity index (χ0) is 13.6. The van der Waals surface area contributed by atoms with E-state index < -0.39 is 0 Å². The number of hydrogen-bond acceptors (Lipinski definition) is 2. The first-order valence-electron chi connectivity index (χ1n) is 7.89. The molecule has 0 aromatic heterocycles. The van der Waals surface area contributed by atoms with E-state index in [1.165, 1.54) is 58.0 Å². The lowest BCUT2D eigenvalue weighted by atomic mass is 9.79. The standard InChI is InChI=1S/C16H34N2/c1-5-12-18(13-11-15(2,3)4)16(14-17)9-7-6-8-10-16/h5-14,17H2,1-4H3. The van der Waals surface area contributed by atoms with Crippen molar-refractivity contribution >= 4 is 0 Å². The van der Waals surface area contributed by atoms with E-state index >= 15 is 0 Å². The predicted molar refractivity (Wildman–Crippen MR) is 80.8 cm³/mol. The molecular formula is C16H34N2. The first-order chi connectivity index (χ1) is 8.43. The van der Waals surface area contributed by atoms with Gasteiger partial charge in [0, 0.05) is 12.1 Å². The van der Waals surface area contributed by atoms with Crippen LogP contribution in [0.25, 0.3) is 0 Å². The third kappa shape index (κ3) is 4.55. The Morgan fingerprint density at radius 1 is 1.06 bits per heavy atom. The van der Waals surface area contributed by atoms with E-state index in [0.29, 0.717) is 11.0 Å². The third-order valence-electron chi connectivity index (χ3n) is 4.46. The maximum absolute atomic E-state index is 6.17. The number of hydrogen-bond donors (Lipinski definition) is 1. The van der Waals surface area contributed by atoms with Gasteiger partial charge in [-0.05, 0) is 44.2 Å². The zero-order valence-electron chi connectivity index (χ0n) is 13.1. The summed E-state index contributed by atoms with van der Waals surface area (Å²) in [6.07, 6.45) is 9.28. The second-order valence-electron chi connectivity index (χ2n) is 7.29. The Morgan fingerprint density at radius 3 is 2.11 bits per heavy atom. The van der Waals surface area contributed by atoms with Crippen LogP contribution in [0.5, 0.6) is 0 Å². The van der Waals surface area contributed by atoms with Crippen LogP contribution in [0, 0.1) is 5.41 Å². The van der Waals surface area contributed by atoms with Crippen molar-refractivity contribution in [3.63, 3.8) is 0 Å². The molecule has 2 heteroatoms. The van der Waals surface area contributed by atoms with E-state index in [0.717, 1.165) is 6.54 Å². The minimum atomic E-state index is 0.319. The van der Waals surface area contributed by atoms with Gasteiger partial charge in [0.25, 0.3) is 0 Å². The Balaban J connectivity index is 2.67. The molecule has 0 aromatic rings. The van der Waals surface area contributed by atoms with Gasteiger partial charge in [-0.1, -0.05) is 47.0 Å². The highest BCUT2D eigenvalue weighted by atomic mass is 15.2. The summed E-state index contributed by atoms with van der Waals surface area (Å²) in [4.78, 5) is 2.72. The lowest BCUT2D eigenvalue weighted by Gasteiger charge is -2.47. The molecule has 0 aromatic carbocycles. The van der Waals surface area contributed by atoms with Crippen molar-refractivity contribution in [1.29, 1.82) is 0 Å². The van der Waals surface area contributed by atoms with Gasteiger partial charge < -0.3 is 5.73 Å². The van der Waals surface area contributed by atoms with E-state index in [-0.39, 0.29) is 0 Å². The summed E-state index contributed by atoms with van der Waals surface area (Å²) in [5.74, 6) is 0. The van der Waals surface area contributed by atoms with E-state index in [4.69, 9.17) is 5.73 Å². The summed E-state index contributed by atoms with van der Waals surface area (Å²) in [5.41, 5.74) is 6.91. The quantitative estimate of drug-likeness (QED) is 0.781. The van der Waals surface area contributed by atoms with Gasteiger partial charge >= 0.3 is 0 Å². The Bertz CT molecular complexity index is 224. The van der Waals surface area contributed by atoms with Crippen LogP contribution >= 0.6 is 0 Å². The van der Waals surface area contributed by atoms with Crippen LogP contribution in [-0.2, 0) is 0 Å². The van der Waals surface area contributed by atoms with Crippen LogP contribution in [0.15, 0.2) is 0 Å². The molecule has 1 rings (SSSR count). The van der Waals surface area contributed by atoms with Gasteiger partial charge in [0.1, 0.15) is 0 Å². The molecule has 18 heavy (non-hydrogen) atoms. The van der Waals surface area contributed by atoms with Crippen molar-refractivity contribution in [1.82, 2.24) is 4.90 Å². The summed E-state index contributed by atoms with van der Waals surface area (Å²) in [7, 11) is 0. The van der Waals surface area contributed by atoms with Crippen molar-refractivity contribution in [2.75, 3.05) is 19.6 Å². The van der Waals surface area contributed by atoms with E-state index in [1.807, 2.05) is 0 Å². The molecule has 1 saturated carbocycles. The molecule has 2 nitrogen and oxygen atoms in total. The summed E-state index contributed by atoms with van der Waals surface area (Å²) in [6, 6.07) is 0. The lowest BCUT2D eigenvalue weighted by molar-refractivity contribution is 0.0473. The van der Waals surface area contributed by atoms with Gasteiger partial charge in [-0.15, -0.1) is 0 Å². The molecule has 0 saturated heterocycles. The van der Waals surface area contributed by atoms with Crippen molar-refractivity contribution in [3.8, 4) is 0 Å². The maximum atomic E-state index is 6.17. The van der Waals surface area contributed by atoms with E-state index in [1.54, 1.807) is 0 Å². The highest BCUT2D eigenvalue weighted by Gasteiger charge is 2.36. The van der Waals surface area contributed by atoms with Crippen molar-refractivity contribution in [3.05, 3.63) is 0 Å². The summed E-state index contributed by atoms with van der Waals surface area (Å²) < 4.78 is 0. The average Bonchev–Trinajstić information content (AvgIpc) is 2.34. The Kier molecular flexibility index (Phi) is 6.13. The molecule has 0 unspecified atom stereocenters. The topological polar surface area (TPSA) is 29.3 Å². The molecule has 0 radical (unpaired) electrons. The predicted octanol–water partition coefficient (Wildman–Crippen LogP) is 3.80. The molecule has 2 N–H and O–H groups in total. The highest BCUT2D eigenvalue weighted by Crippen LogP contribution is 2.34. The van der Waals surface area contributed by atoms with Crippen LogP contribution in [-0.4, -0.2) is 30.1 Å². The van der Waals surface area contributed by atoms with Crippen LogP contribution in [0.1, 0.15) is 72.6 Å². The molecule has 1 aliphatic rings. The van der Waals surface area contributed by atoms with Crippen molar-refractivity contribution in [2.24, 2.45) is 11.1 Å². The van der Waals surface area contributed by atoms with Crippen molar-refractivity contribution < 1.29 is 0 Å². The Hall–Kier alpha value is -0.0800. The highest BCUT2D eigenvalue weighted by molar-refractivity contribution is 4.94. The molecule has 0 heterocycles. The molecule has 1 aliphatic carbocycles. The fraction of sp³-hybridized carbons (Fsp3) is 1.00. The van der Waals surface area contributed by atoms with E-state index in [9.17, 15) is 0 Å². The average molecular weight is 254 g/mol. The zero-order valence-corrected chi connectivity index (χ0v) is 13.1. The summed E-state index contributed by atoms with van der Waals surface area (Å²) >= 11 is 0. The monoisotopic (exact) mass is 254 g/mol. The normalized spacial score (nSPS) is 20.3. The molecule has 1 fully saturated rings. The number of nitrogens with two attached hydrogens (primary N) is 1. The minimum Gasteiger partial charge on any atom is -0.329 e. The third-order valence-corrected chi connectivity index (χ3v) is 4.46. The molecule has 0 amide bonds. The molecule has 0 atom stereocenters. The first-order valence-corrected chi connectivity index (χ1v) is 7.89. The summed E-state index contributed by atoms with van der Waals surface area (Å²) in [6.45, 7) is 12.6. The molecular weight excluding hydrogens is 220 g/mol. The van der Waals surface area contributed by atoms with E-state index in [2.05, 4.69) is 32.6 Å². The second-order valence-corrected chi connectivity index (χ2v) is 7.29. The largest absolute Gasteiger partial charge is 0.329 e. The van der Waals surface area contributed by atoms with Crippen LogP contribution < -0.4 is 5.73 Å². The first kappa shape index (κ1) is 16.0. The molecule has 0 bridgehead atoms. The minimum absolute atomic E-state index is 0.319. The van der Waals surface area contributed by atoms with Gasteiger partial charge in [0.05, 0.1) is 0 Å². The van der Waals surface area contributed by atoms with Gasteiger partial charge in [-0.2, -0.15) is 0 Å². The van der Waals surface area contributed by atoms with Crippen LogP contribution in [0.3, 0.4) is 0 Å². The summed E-state index contributed by atoms with van der Waals surface area (Å²) in [5, 5.41) is 0. The van der Waals surface area contributed by atoms with Gasteiger partial charge in [-0.25, -0.2) is 0 Å². The fourth-order valence-electron chi connectivity index (χ4n) is 3.19. The lowest BCUT2D eigenvalue weighted by Crippen LogP contribution is -2.55. The smallest absolute Gasteiger partial charge is 0.0331 e. The maximum Gasteiger partial charge on any atom is 0.0331 e. The molecule has 0 spiro atoms. The number of rotatable bonds is 6. The van der Waals surface area contributed by atoms with Gasteiger partial charge in [-0.3, -0.25) is 4.90 Å². The molecule has 108 valence electrons. The second kappa shape index (κ2) is 6.91. The SMILES string of the molecule is CCCN(CCC(C)(C)C)C1(CN)CCCCC1. The van der Waals surface area contributed by atoms with Gasteiger partial charge in [0.2, 0.25) is 0 Å². The molecule has 0 aliphatic heterocycles. The van der Waals surface area contributed by atoms with Gasteiger partial charge in [0.15, 0.2) is 0 Å². The Morgan fingerprint density at radius 2 is 1.67 bits per heavy atom. The fourth-order valence-corrected chi connectivity index (χ4v) is 3.19. The Labute approximate surface area is 114 Å². The van der Waals surface area contributed by atoms with Crippen LogP contribution in [0.2, 0.25) is 0 Å². The number of nitrogens with zero attached hydrogens (tertiary/aromatic N) is 1.